The van der Waals surface area contributed by atoms with Gasteiger partial charge in [0.05, 0.1) is 7.11 Å². The highest BCUT2D eigenvalue weighted by molar-refractivity contribution is 6.00. The lowest BCUT2D eigenvalue weighted by Crippen LogP contribution is -2.14. The summed E-state index contributed by atoms with van der Waals surface area (Å²) in [5.74, 6) is -0.00784. The standard InChI is InChI=1S/C21H22O4/c1-14-11-16(3)19(12-15(14)2)20(22)13-25-21(23)10-7-17-5-8-18(24-4)9-6-17/h5-12H,13H2,1-4H3. The smallest absolute Gasteiger partial charge is 0.331 e. The zero-order valence-corrected chi connectivity index (χ0v) is 15.0. The average molecular weight is 338 g/mol. The van der Waals surface area contributed by atoms with Gasteiger partial charge in [-0.25, -0.2) is 4.79 Å². The van der Waals surface area contributed by atoms with Crippen LogP contribution in [-0.4, -0.2) is 25.5 Å². The number of benzene rings is 2. The summed E-state index contributed by atoms with van der Waals surface area (Å²) in [7, 11) is 1.59. The predicted molar refractivity (Wildman–Crippen MR) is 98.0 cm³/mol. The second-order valence-corrected chi connectivity index (χ2v) is 5.89. The lowest BCUT2D eigenvalue weighted by molar-refractivity contribution is -0.136. The number of carbonyl (C=O) groups is 2. The second-order valence-electron chi connectivity index (χ2n) is 5.89. The normalized spacial score (nSPS) is 10.7. The Morgan fingerprint density at radius 1 is 0.960 bits per heavy atom. The molecule has 130 valence electrons. The van der Waals surface area contributed by atoms with Crippen LogP contribution in [0.25, 0.3) is 6.08 Å². The lowest BCUT2D eigenvalue weighted by Gasteiger charge is -2.09. The van der Waals surface area contributed by atoms with Crippen LogP contribution >= 0.6 is 0 Å². The topological polar surface area (TPSA) is 52.6 Å². The molecule has 0 aromatic heterocycles. The van der Waals surface area contributed by atoms with Crippen molar-refractivity contribution in [3.8, 4) is 5.75 Å². The zero-order chi connectivity index (χ0) is 18.4. The maximum absolute atomic E-state index is 12.3. The molecule has 4 heteroatoms. The largest absolute Gasteiger partial charge is 0.497 e. The third-order valence-electron chi connectivity index (χ3n) is 4.01. The van der Waals surface area contributed by atoms with E-state index in [9.17, 15) is 9.59 Å². The van der Waals surface area contributed by atoms with Crippen molar-refractivity contribution in [1.29, 1.82) is 0 Å². The molecule has 0 radical (unpaired) electrons. The molecular formula is C21H22O4. The molecule has 0 heterocycles. The summed E-state index contributed by atoms with van der Waals surface area (Å²) < 4.78 is 10.1. The van der Waals surface area contributed by atoms with E-state index >= 15 is 0 Å². The number of esters is 1. The van der Waals surface area contributed by atoms with Crippen molar-refractivity contribution in [3.05, 3.63) is 70.3 Å². The summed E-state index contributed by atoms with van der Waals surface area (Å²) in [4.78, 5) is 24.1. The van der Waals surface area contributed by atoms with Crippen LogP contribution in [0.5, 0.6) is 5.75 Å². The molecule has 0 amide bonds. The van der Waals surface area contributed by atoms with Crippen LogP contribution in [0.4, 0.5) is 0 Å². The molecule has 0 aliphatic carbocycles. The molecule has 2 aromatic rings. The fraction of sp³-hybridized carbons (Fsp3) is 0.238. The number of ether oxygens (including phenoxy) is 2. The number of methoxy groups -OCH3 is 1. The van der Waals surface area contributed by atoms with Crippen molar-refractivity contribution in [1.82, 2.24) is 0 Å². The third kappa shape index (κ3) is 5.05. The molecule has 0 saturated carbocycles. The van der Waals surface area contributed by atoms with Crippen LogP contribution in [-0.2, 0) is 9.53 Å². The molecule has 4 nitrogen and oxygen atoms in total. The fourth-order valence-electron chi connectivity index (χ4n) is 2.40. The van der Waals surface area contributed by atoms with Gasteiger partial charge >= 0.3 is 5.97 Å². The Balaban J connectivity index is 1.94. The molecule has 2 rings (SSSR count). The van der Waals surface area contributed by atoms with Crippen LogP contribution in [0.2, 0.25) is 0 Å². The quantitative estimate of drug-likeness (QED) is 0.453. The molecule has 0 bridgehead atoms. The van der Waals surface area contributed by atoms with Crippen LogP contribution < -0.4 is 4.74 Å². The van der Waals surface area contributed by atoms with E-state index in [1.54, 1.807) is 25.3 Å². The van der Waals surface area contributed by atoms with Crippen molar-refractivity contribution in [2.24, 2.45) is 0 Å². The first kappa shape index (κ1) is 18.5. The number of rotatable bonds is 6. The molecule has 0 spiro atoms. The monoisotopic (exact) mass is 338 g/mol. The van der Waals surface area contributed by atoms with Crippen molar-refractivity contribution in [2.75, 3.05) is 13.7 Å². The van der Waals surface area contributed by atoms with Gasteiger partial charge < -0.3 is 9.47 Å². The first-order chi connectivity index (χ1) is 11.9. The number of hydrogen-bond donors (Lipinski definition) is 0. The Bertz CT molecular complexity index is 801. The molecule has 0 saturated heterocycles. The van der Waals surface area contributed by atoms with E-state index in [-0.39, 0.29) is 12.4 Å². The number of ketones is 1. The minimum Gasteiger partial charge on any atom is -0.497 e. The zero-order valence-electron chi connectivity index (χ0n) is 15.0. The van der Waals surface area contributed by atoms with Gasteiger partial charge in [0.1, 0.15) is 5.75 Å². The maximum Gasteiger partial charge on any atom is 0.331 e. The summed E-state index contributed by atoms with van der Waals surface area (Å²) >= 11 is 0. The Morgan fingerprint density at radius 3 is 2.24 bits per heavy atom. The Labute approximate surface area is 148 Å². The van der Waals surface area contributed by atoms with E-state index in [0.717, 1.165) is 28.0 Å². The Morgan fingerprint density at radius 2 is 1.60 bits per heavy atom. The van der Waals surface area contributed by atoms with E-state index in [2.05, 4.69) is 0 Å². The van der Waals surface area contributed by atoms with Crippen molar-refractivity contribution in [2.45, 2.75) is 20.8 Å². The maximum atomic E-state index is 12.3. The summed E-state index contributed by atoms with van der Waals surface area (Å²) in [6.07, 6.45) is 2.94. The molecule has 0 atom stereocenters. The summed E-state index contributed by atoms with van der Waals surface area (Å²) in [6.45, 7) is 5.57. The molecule has 0 unspecified atom stereocenters. The predicted octanol–water partition coefficient (Wildman–Crippen LogP) is 4.06. The van der Waals surface area contributed by atoms with E-state index < -0.39 is 5.97 Å². The minimum atomic E-state index is -0.550. The Hall–Kier alpha value is -2.88. The molecule has 0 N–H and O–H groups in total. The third-order valence-corrected chi connectivity index (χ3v) is 4.01. The SMILES string of the molecule is COc1ccc(C=CC(=O)OCC(=O)c2cc(C)c(C)cc2C)cc1. The van der Waals surface area contributed by atoms with Crippen molar-refractivity contribution in [3.63, 3.8) is 0 Å². The van der Waals surface area contributed by atoms with Gasteiger partial charge in [0.2, 0.25) is 5.78 Å². The fourth-order valence-corrected chi connectivity index (χ4v) is 2.40. The second kappa shape index (κ2) is 8.29. The van der Waals surface area contributed by atoms with Gasteiger partial charge in [-0.05, 0) is 67.3 Å². The highest BCUT2D eigenvalue weighted by Crippen LogP contribution is 2.16. The number of carbonyl (C=O) groups excluding carboxylic acids is 2. The van der Waals surface area contributed by atoms with Crippen LogP contribution in [0.3, 0.4) is 0 Å². The highest BCUT2D eigenvalue weighted by Gasteiger charge is 2.12. The lowest BCUT2D eigenvalue weighted by atomic mass is 9.98. The van der Waals surface area contributed by atoms with Crippen LogP contribution in [0, 0.1) is 20.8 Å². The summed E-state index contributed by atoms with van der Waals surface area (Å²) in [6, 6.07) is 11.1. The number of Topliss-reactive ketones (excluding diaryl/α,β-unsaturated/α-hetero) is 1. The van der Waals surface area contributed by atoms with Gasteiger partial charge in [0.15, 0.2) is 6.61 Å². The van der Waals surface area contributed by atoms with E-state index in [4.69, 9.17) is 9.47 Å². The van der Waals surface area contributed by atoms with Crippen molar-refractivity contribution >= 4 is 17.8 Å². The number of aryl methyl sites for hydroxylation is 3. The van der Waals surface area contributed by atoms with Gasteiger partial charge in [0, 0.05) is 11.6 Å². The van der Waals surface area contributed by atoms with Crippen LogP contribution in [0.1, 0.15) is 32.6 Å². The first-order valence-corrected chi connectivity index (χ1v) is 8.00. The van der Waals surface area contributed by atoms with Gasteiger partial charge in [-0.2, -0.15) is 0 Å². The summed E-state index contributed by atoms with van der Waals surface area (Å²) in [5, 5.41) is 0. The molecule has 0 aliphatic heterocycles. The molecule has 2 aromatic carbocycles. The molecular weight excluding hydrogens is 316 g/mol. The summed E-state index contributed by atoms with van der Waals surface area (Å²) in [5.41, 5.74) is 4.50. The van der Waals surface area contributed by atoms with Gasteiger partial charge in [-0.3, -0.25) is 4.79 Å². The molecule has 0 aliphatic rings. The van der Waals surface area contributed by atoms with E-state index in [1.165, 1.54) is 6.08 Å². The molecule has 25 heavy (non-hydrogen) atoms. The van der Waals surface area contributed by atoms with Gasteiger partial charge in [-0.1, -0.05) is 18.2 Å². The van der Waals surface area contributed by atoms with Gasteiger partial charge in [0.25, 0.3) is 0 Å². The van der Waals surface area contributed by atoms with Gasteiger partial charge in [-0.15, -0.1) is 0 Å². The van der Waals surface area contributed by atoms with E-state index in [0.29, 0.717) is 5.56 Å². The van der Waals surface area contributed by atoms with Crippen LogP contribution in [0.15, 0.2) is 42.5 Å². The molecule has 0 fully saturated rings. The first-order valence-electron chi connectivity index (χ1n) is 8.00. The van der Waals surface area contributed by atoms with E-state index in [1.807, 2.05) is 45.0 Å². The number of hydrogen-bond acceptors (Lipinski definition) is 4. The minimum absolute atomic E-state index is 0.202. The average Bonchev–Trinajstić information content (AvgIpc) is 2.61. The van der Waals surface area contributed by atoms with Crippen molar-refractivity contribution < 1.29 is 19.1 Å². The Kier molecular flexibility index (Phi) is 6.12. The highest BCUT2D eigenvalue weighted by atomic mass is 16.5.